The number of hydrogen-bond donors (Lipinski definition) is 2. The van der Waals surface area contributed by atoms with E-state index in [1.807, 2.05) is 18.2 Å². The van der Waals surface area contributed by atoms with Gasteiger partial charge in [0.05, 0.1) is 6.04 Å². The van der Waals surface area contributed by atoms with Crippen LogP contribution in [0.15, 0.2) is 30.3 Å². The van der Waals surface area contributed by atoms with E-state index in [9.17, 15) is 4.79 Å². The van der Waals surface area contributed by atoms with Crippen molar-refractivity contribution in [3.8, 4) is 0 Å². The van der Waals surface area contributed by atoms with Crippen LogP contribution < -0.4 is 10.9 Å². The second-order valence-corrected chi connectivity index (χ2v) is 3.20. The number of aldehydes is 1. The highest BCUT2D eigenvalue weighted by Crippen LogP contribution is 2.20. The molecule has 0 aromatic heterocycles. The lowest BCUT2D eigenvalue weighted by Gasteiger charge is -2.12. The Hall–Kier alpha value is -1.19. The molecule has 1 aliphatic rings. The van der Waals surface area contributed by atoms with E-state index in [1.165, 1.54) is 5.56 Å². The van der Waals surface area contributed by atoms with Crippen LogP contribution in [0.5, 0.6) is 0 Å². The summed E-state index contributed by atoms with van der Waals surface area (Å²) in [5.41, 5.74) is 7.13. The first-order valence-corrected chi connectivity index (χ1v) is 4.40. The molecule has 2 unspecified atom stereocenters. The summed E-state index contributed by atoms with van der Waals surface area (Å²) >= 11 is 0. The van der Waals surface area contributed by atoms with Crippen LogP contribution >= 0.6 is 0 Å². The van der Waals surface area contributed by atoms with Crippen LogP contribution in [0, 0.1) is 0 Å². The smallest absolute Gasteiger partial charge is 0.138 e. The van der Waals surface area contributed by atoms with Gasteiger partial charge >= 0.3 is 0 Å². The molecule has 0 spiro atoms. The standard InChI is InChI=1S/C10H12N2O/c13-7-10-9(6-11-12-10)8-4-2-1-3-5-8/h1-5,7,9-12H,6H2. The van der Waals surface area contributed by atoms with Gasteiger partial charge in [0.1, 0.15) is 6.29 Å². The van der Waals surface area contributed by atoms with Gasteiger partial charge in [0.15, 0.2) is 0 Å². The Balaban J connectivity index is 2.21. The summed E-state index contributed by atoms with van der Waals surface area (Å²) in [6.45, 7) is 0.813. The van der Waals surface area contributed by atoms with Gasteiger partial charge in [-0.1, -0.05) is 30.3 Å². The van der Waals surface area contributed by atoms with E-state index in [4.69, 9.17) is 0 Å². The van der Waals surface area contributed by atoms with Gasteiger partial charge < -0.3 is 4.79 Å². The van der Waals surface area contributed by atoms with Gasteiger partial charge in [-0.05, 0) is 5.56 Å². The zero-order valence-corrected chi connectivity index (χ0v) is 7.23. The third-order valence-electron chi connectivity index (χ3n) is 2.40. The SMILES string of the molecule is O=CC1NNCC1c1ccccc1. The fourth-order valence-electron chi connectivity index (χ4n) is 1.67. The summed E-state index contributed by atoms with van der Waals surface area (Å²) in [5.74, 6) is 0.263. The van der Waals surface area contributed by atoms with Crippen molar-refractivity contribution in [2.75, 3.05) is 6.54 Å². The van der Waals surface area contributed by atoms with Crippen molar-refractivity contribution >= 4 is 6.29 Å². The van der Waals surface area contributed by atoms with Crippen molar-refractivity contribution in [1.29, 1.82) is 0 Å². The Morgan fingerprint density at radius 3 is 2.77 bits per heavy atom. The van der Waals surface area contributed by atoms with Gasteiger partial charge in [-0.25, -0.2) is 5.43 Å². The minimum absolute atomic E-state index is 0.0950. The lowest BCUT2D eigenvalue weighted by atomic mass is 9.94. The molecule has 3 nitrogen and oxygen atoms in total. The molecule has 2 rings (SSSR count). The largest absolute Gasteiger partial charge is 0.302 e. The average molecular weight is 176 g/mol. The average Bonchev–Trinajstić information content (AvgIpc) is 2.67. The fraction of sp³-hybridized carbons (Fsp3) is 0.300. The summed E-state index contributed by atoms with van der Waals surface area (Å²) in [4.78, 5) is 10.7. The van der Waals surface area contributed by atoms with E-state index in [0.717, 1.165) is 12.8 Å². The van der Waals surface area contributed by atoms with Crippen molar-refractivity contribution < 1.29 is 4.79 Å². The molecular formula is C10H12N2O. The van der Waals surface area contributed by atoms with Gasteiger partial charge in [-0.15, -0.1) is 0 Å². The van der Waals surface area contributed by atoms with Gasteiger partial charge in [0.2, 0.25) is 0 Å². The number of carbonyl (C=O) groups is 1. The highest BCUT2D eigenvalue weighted by molar-refractivity contribution is 5.60. The van der Waals surface area contributed by atoms with Gasteiger partial charge in [0.25, 0.3) is 0 Å². The maximum Gasteiger partial charge on any atom is 0.138 e. The maximum absolute atomic E-state index is 10.7. The molecule has 68 valence electrons. The van der Waals surface area contributed by atoms with Crippen LogP contribution in [0.1, 0.15) is 11.5 Å². The quantitative estimate of drug-likeness (QED) is 0.643. The lowest BCUT2D eigenvalue weighted by Crippen LogP contribution is -2.32. The van der Waals surface area contributed by atoms with Crippen LogP contribution in [-0.4, -0.2) is 18.9 Å². The van der Waals surface area contributed by atoms with Crippen molar-refractivity contribution in [3.63, 3.8) is 0 Å². The summed E-state index contributed by atoms with van der Waals surface area (Å²) in [5, 5.41) is 0. The van der Waals surface area contributed by atoms with E-state index < -0.39 is 0 Å². The van der Waals surface area contributed by atoms with Gasteiger partial charge in [-0.3, -0.25) is 5.43 Å². The van der Waals surface area contributed by atoms with Crippen LogP contribution in [0.3, 0.4) is 0 Å². The van der Waals surface area contributed by atoms with Crippen molar-refractivity contribution in [1.82, 2.24) is 10.9 Å². The van der Waals surface area contributed by atoms with Crippen molar-refractivity contribution in [3.05, 3.63) is 35.9 Å². The Labute approximate surface area is 77.1 Å². The summed E-state index contributed by atoms with van der Waals surface area (Å²) in [6.07, 6.45) is 0.956. The summed E-state index contributed by atoms with van der Waals surface area (Å²) in [7, 11) is 0. The molecule has 1 saturated heterocycles. The molecule has 1 fully saturated rings. The minimum Gasteiger partial charge on any atom is -0.302 e. The Morgan fingerprint density at radius 2 is 2.08 bits per heavy atom. The zero-order valence-electron chi connectivity index (χ0n) is 7.23. The van der Waals surface area contributed by atoms with Crippen molar-refractivity contribution in [2.24, 2.45) is 0 Å². The molecule has 0 amide bonds. The molecule has 0 bridgehead atoms. The number of benzene rings is 1. The monoisotopic (exact) mass is 176 g/mol. The minimum atomic E-state index is -0.0950. The van der Waals surface area contributed by atoms with Crippen LogP contribution in [0.4, 0.5) is 0 Å². The predicted octanol–water partition coefficient (Wildman–Crippen LogP) is 0.445. The lowest BCUT2D eigenvalue weighted by molar-refractivity contribution is -0.109. The predicted molar refractivity (Wildman–Crippen MR) is 50.2 cm³/mol. The van der Waals surface area contributed by atoms with E-state index in [2.05, 4.69) is 23.0 Å². The third-order valence-corrected chi connectivity index (χ3v) is 2.40. The van der Waals surface area contributed by atoms with Crippen LogP contribution in [-0.2, 0) is 4.79 Å². The van der Waals surface area contributed by atoms with Gasteiger partial charge in [-0.2, -0.15) is 0 Å². The maximum atomic E-state index is 10.7. The van der Waals surface area contributed by atoms with E-state index >= 15 is 0 Å². The van der Waals surface area contributed by atoms with Crippen LogP contribution in [0.2, 0.25) is 0 Å². The Bertz CT molecular complexity index is 286. The molecule has 2 atom stereocenters. The second-order valence-electron chi connectivity index (χ2n) is 3.20. The van der Waals surface area contributed by atoms with Gasteiger partial charge in [0, 0.05) is 12.5 Å². The molecule has 1 aromatic carbocycles. The highest BCUT2D eigenvalue weighted by atomic mass is 16.1. The number of rotatable bonds is 2. The second kappa shape index (κ2) is 3.68. The summed E-state index contributed by atoms with van der Waals surface area (Å²) in [6, 6.07) is 9.98. The normalized spacial score (nSPS) is 27.4. The Kier molecular flexibility index (Phi) is 2.38. The number of hydrazine groups is 1. The van der Waals surface area contributed by atoms with E-state index in [1.54, 1.807) is 0 Å². The molecular weight excluding hydrogens is 164 g/mol. The van der Waals surface area contributed by atoms with Crippen LogP contribution in [0.25, 0.3) is 0 Å². The summed E-state index contributed by atoms with van der Waals surface area (Å²) < 4.78 is 0. The van der Waals surface area contributed by atoms with E-state index in [-0.39, 0.29) is 12.0 Å². The molecule has 0 radical (unpaired) electrons. The number of hydrogen-bond acceptors (Lipinski definition) is 3. The fourth-order valence-corrected chi connectivity index (χ4v) is 1.67. The Morgan fingerprint density at radius 1 is 1.31 bits per heavy atom. The topological polar surface area (TPSA) is 41.1 Å². The molecule has 2 N–H and O–H groups in total. The number of nitrogens with one attached hydrogen (secondary N) is 2. The molecule has 13 heavy (non-hydrogen) atoms. The molecule has 1 aliphatic heterocycles. The van der Waals surface area contributed by atoms with Crippen molar-refractivity contribution in [2.45, 2.75) is 12.0 Å². The first kappa shape index (κ1) is 8.41. The molecule has 3 heteroatoms. The third kappa shape index (κ3) is 1.61. The molecule has 1 aromatic rings. The number of carbonyl (C=O) groups excluding carboxylic acids is 1. The molecule has 1 heterocycles. The molecule has 0 aliphatic carbocycles. The zero-order chi connectivity index (χ0) is 9.10. The first-order valence-electron chi connectivity index (χ1n) is 4.40. The van der Waals surface area contributed by atoms with E-state index in [0.29, 0.717) is 0 Å². The highest BCUT2D eigenvalue weighted by Gasteiger charge is 2.27. The first-order chi connectivity index (χ1) is 6.42. The molecule has 0 saturated carbocycles.